The van der Waals surface area contributed by atoms with Crippen molar-refractivity contribution in [3.05, 3.63) is 29.3 Å². The van der Waals surface area contributed by atoms with E-state index in [9.17, 15) is 0 Å². The Bertz CT molecular complexity index is 367. The van der Waals surface area contributed by atoms with Gasteiger partial charge in [-0.15, -0.1) is 0 Å². The third-order valence-corrected chi connectivity index (χ3v) is 3.22. The Morgan fingerprint density at radius 1 is 1.33 bits per heavy atom. The minimum absolute atomic E-state index is 0.115. The molecule has 0 bridgehead atoms. The SMILES string of the molecule is COc1ccc(C(C)C)cc1C1(N)CC1. The molecule has 2 nitrogen and oxygen atoms in total. The molecule has 82 valence electrons. The lowest BCUT2D eigenvalue weighted by Gasteiger charge is -2.17. The van der Waals surface area contributed by atoms with E-state index < -0.39 is 0 Å². The van der Waals surface area contributed by atoms with Gasteiger partial charge in [0.15, 0.2) is 0 Å². The van der Waals surface area contributed by atoms with E-state index in [0.717, 1.165) is 18.6 Å². The highest BCUT2D eigenvalue weighted by atomic mass is 16.5. The zero-order valence-electron chi connectivity index (χ0n) is 9.71. The summed E-state index contributed by atoms with van der Waals surface area (Å²) in [6.07, 6.45) is 2.15. The summed E-state index contributed by atoms with van der Waals surface area (Å²) < 4.78 is 5.37. The number of rotatable bonds is 3. The maximum atomic E-state index is 6.23. The first-order valence-electron chi connectivity index (χ1n) is 5.54. The molecule has 1 saturated carbocycles. The van der Waals surface area contributed by atoms with Gasteiger partial charge in [0.2, 0.25) is 0 Å². The smallest absolute Gasteiger partial charge is 0.123 e. The normalized spacial score (nSPS) is 17.9. The van der Waals surface area contributed by atoms with Crippen molar-refractivity contribution in [2.24, 2.45) is 5.73 Å². The summed E-state index contributed by atoms with van der Waals surface area (Å²) in [5.74, 6) is 1.47. The van der Waals surface area contributed by atoms with Gasteiger partial charge in [-0.25, -0.2) is 0 Å². The summed E-state index contributed by atoms with van der Waals surface area (Å²) in [4.78, 5) is 0. The molecule has 2 N–H and O–H groups in total. The highest BCUT2D eigenvalue weighted by Gasteiger charge is 2.42. The quantitative estimate of drug-likeness (QED) is 0.823. The molecule has 1 aromatic rings. The fraction of sp³-hybridized carbons (Fsp3) is 0.538. The van der Waals surface area contributed by atoms with Crippen LogP contribution in [0.3, 0.4) is 0 Å². The van der Waals surface area contributed by atoms with E-state index in [1.54, 1.807) is 7.11 Å². The van der Waals surface area contributed by atoms with Crippen LogP contribution in [0.15, 0.2) is 18.2 Å². The Morgan fingerprint density at radius 2 is 2.00 bits per heavy atom. The highest BCUT2D eigenvalue weighted by molar-refractivity contribution is 5.45. The van der Waals surface area contributed by atoms with E-state index in [4.69, 9.17) is 10.5 Å². The van der Waals surface area contributed by atoms with Gasteiger partial charge in [-0.1, -0.05) is 19.9 Å². The van der Waals surface area contributed by atoms with Crippen molar-refractivity contribution in [1.82, 2.24) is 0 Å². The lowest BCUT2D eigenvalue weighted by molar-refractivity contribution is 0.404. The molecule has 0 amide bonds. The van der Waals surface area contributed by atoms with Crippen molar-refractivity contribution >= 4 is 0 Å². The van der Waals surface area contributed by atoms with Gasteiger partial charge < -0.3 is 10.5 Å². The molecule has 0 saturated heterocycles. The number of ether oxygens (including phenoxy) is 1. The summed E-state index contributed by atoms with van der Waals surface area (Å²) in [6, 6.07) is 6.37. The molecule has 0 heterocycles. The van der Waals surface area contributed by atoms with Crippen molar-refractivity contribution in [2.45, 2.75) is 38.1 Å². The van der Waals surface area contributed by atoms with Crippen molar-refractivity contribution in [1.29, 1.82) is 0 Å². The number of benzene rings is 1. The summed E-state index contributed by atoms with van der Waals surface area (Å²) >= 11 is 0. The molecular formula is C13H19NO. The van der Waals surface area contributed by atoms with Crippen LogP contribution in [0, 0.1) is 0 Å². The van der Waals surface area contributed by atoms with Gasteiger partial charge in [0.1, 0.15) is 5.75 Å². The number of hydrogen-bond donors (Lipinski definition) is 1. The fourth-order valence-corrected chi connectivity index (χ4v) is 1.88. The Labute approximate surface area is 91.4 Å². The topological polar surface area (TPSA) is 35.2 Å². The molecule has 2 heteroatoms. The predicted molar refractivity (Wildman–Crippen MR) is 62.2 cm³/mol. The molecule has 0 spiro atoms. The fourth-order valence-electron chi connectivity index (χ4n) is 1.88. The van der Waals surface area contributed by atoms with Crippen LogP contribution in [-0.4, -0.2) is 7.11 Å². The maximum Gasteiger partial charge on any atom is 0.123 e. The standard InChI is InChI=1S/C13H19NO/c1-9(2)10-4-5-12(15-3)11(8-10)13(14)6-7-13/h4-5,8-9H,6-7,14H2,1-3H3. The molecule has 1 fully saturated rings. The molecule has 0 aliphatic heterocycles. The molecule has 0 radical (unpaired) electrons. The average molecular weight is 205 g/mol. The van der Waals surface area contributed by atoms with Gasteiger partial charge >= 0.3 is 0 Å². The summed E-state index contributed by atoms with van der Waals surface area (Å²) in [5, 5.41) is 0. The van der Waals surface area contributed by atoms with Crippen LogP contribution < -0.4 is 10.5 Å². The first-order valence-corrected chi connectivity index (χ1v) is 5.54. The van der Waals surface area contributed by atoms with E-state index in [-0.39, 0.29) is 5.54 Å². The van der Waals surface area contributed by atoms with E-state index in [0.29, 0.717) is 5.92 Å². The van der Waals surface area contributed by atoms with Crippen LogP contribution >= 0.6 is 0 Å². The summed E-state index contributed by atoms with van der Waals surface area (Å²) in [7, 11) is 1.71. The van der Waals surface area contributed by atoms with Crippen molar-refractivity contribution in [3.63, 3.8) is 0 Å². The zero-order valence-corrected chi connectivity index (χ0v) is 9.71. The maximum absolute atomic E-state index is 6.23. The minimum atomic E-state index is -0.115. The summed E-state index contributed by atoms with van der Waals surface area (Å²) in [5.41, 5.74) is 8.63. The van der Waals surface area contributed by atoms with Crippen LogP contribution in [0.2, 0.25) is 0 Å². The predicted octanol–water partition coefficient (Wildman–Crippen LogP) is 2.77. The molecule has 0 unspecified atom stereocenters. The van der Waals surface area contributed by atoms with Gasteiger partial charge in [-0.2, -0.15) is 0 Å². The Hall–Kier alpha value is -1.02. The van der Waals surface area contributed by atoms with Gasteiger partial charge in [-0.05, 0) is 36.5 Å². The van der Waals surface area contributed by atoms with Crippen molar-refractivity contribution in [2.75, 3.05) is 7.11 Å². The number of hydrogen-bond acceptors (Lipinski definition) is 2. The monoisotopic (exact) mass is 205 g/mol. The van der Waals surface area contributed by atoms with E-state index in [2.05, 4.69) is 26.0 Å². The molecule has 1 aromatic carbocycles. The molecule has 1 aliphatic carbocycles. The second-order valence-electron chi connectivity index (χ2n) is 4.77. The van der Waals surface area contributed by atoms with E-state index in [1.807, 2.05) is 6.07 Å². The van der Waals surface area contributed by atoms with Crippen molar-refractivity contribution in [3.8, 4) is 5.75 Å². The first-order chi connectivity index (χ1) is 7.07. The molecule has 1 aliphatic rings. The molecule has 15 heavy (non-hydrogen) atoms. The van der Waals surface area contributed by atoms with E-state index in [1.165, 1.54) is 11.1 Å². The van der Waals surface area contributed by atoms with Crippen LogP contribution in [0.5, 0.6) is 5.75 Å². The average Bonchev–Trinajstić information content (AvgIpc) is 2.96. The lowest BCUT2D eigenvalue weighted by Crippen LogP contribution is -2.20. The third kappa shape index (κ3) is 1.86. The summed E-state index contributed by atoms with van der Waals surface area (Å²) in [6.45, 7) is 4.39. The highest BCUT2D eigenvalue weighted by Crippen LogP contribution is 2.47. The van der Waals surface area contributed by atoms with Crippen LogP contribution in [0.4, 0.5) is 0 Å². The van der Waals surface area contributed by atoms with E-state index >= 15 is 0 Å². The van der Waals surface area contributed by atoms with Crippen molar-refractivity contribution < 1.29 is 4.74 Å². The largest absolute Gasteiger partial charge is 0.496 e. The number of methoxy groups -OCH3 is 1. The van der Waals surface area contributed by atoms with Gasteiger partial charge in [0, 0.05) is 11.1 Å². The second kappa shape index (κ2) is 3.53. The molecule has 0 atom stereocenters. The van der Waals surface area contributed by atoms with Crippen LogP contribution in [0.1, 0.15) is 43.7 Å². The van der Waals surface area contributed by atoms with Gasteiger partial charge in [0.05, 0.1) is 7.11 Å². The molecule has 0 aromatic heterocycles. The third-order valence-electron chi connectivity index (χ3n) is 3.22. The number of nitrogens with two attached hydrogens (primary N) is 1. The first kappa shape index (κ1) is 10.5. The van der Waals surface area contributed by atoms with Gasteiger partial charge in [0.25, 0.3) is 0 Å². The Balaban J connectivity index is 2.44. The van der Waals surface area contributed by atoms with Crippen LogP contribution in [-0.2, 0) is 5.54 Å². The Kier molecular flexibility index (Phi) is 2.47. The van der Waals surface area contributed by atoms with Crippen LogP contribution in [0.25, 0.3) is 0 Å². The molecular weight excluding hydrogens is 186 g/mol. The minimum Gasteiger partial charge on any atom is -0.496 e. The van der Waals surface area contributed by atoms with Gasteiger partial charge in [-0.3, -0.25) is 0 Å². The lowest BCUT2D eigenvalue weighted by atomic mass is 9.96. The Morgan fingerprint density at radius 3 is 2.47 bits per heavy atom. The second-order valence-corrected chi connectivity index (χ2v) is 4.77. The molecule has 2 rings (SSSR count). The zero-order chi connectivity index (χ0) is 11.1.